The number of nitrogens with one attached hydrogen (secondary N) is 1. The van der Waals surface area contributed by atoms with Gasteiger partial charge in [-0.15, -0.1) is 0 Å². The summed E-state index contributed by atoms with van der Waals surface area (Å²) in [5.41, 5.74) is -0.696. The summed E-state index contributed by atoms with van der Waals surface area (Å²) in [6.45, 7) is 1.33. The van der Waals surface area contributed by atoms with Crippen molar-refractivity contribution in [1.29, 1.82) is 0 Å². The molecule has 0 aliphatic rings. The van der Waals surface area contributed by atoms with Crippen LogP contribution in [0.25, 0.3) is 11.3 Å². The van der Waals surface area contributed by atoms with Gasteiger partial charge >= 0.3 is 0 Å². The minimum atomic E-state index is -0.807. The number of carbonyl (C=O) groups is 1. The van der Waals surface area contributed by atoms with E-state index in [1.807, 2.05) is 0 Å². The summed E-state index contributed by atoms with van der Waals surface area (Å²) in [7, 11) is 0. The van der Waals surface area contributed by atoms with Gasteiger partial charge in [0, 0.05) is 23.3 Å². The Morgan fingerprint density at radius 2 is 1.72 bits per heavy atom. The Balaban J connectivity index is 1.91. The number of halogens is 2. The molecule has 29 heavy (non-hydrogen) atoms. The third-order valence-corrected chi connectivity index (χ3v) is 4.80. The molecule has 0 saturated carbocycles. The zero-order valence-corrected chi connectivity index (χ0v) is 16.2. The Hall–Kier alpha value is -3.43. The van der Waals surface area contributed by atoms with E-state index in [1.165, 1.54) is 13.0 Å². The molecule has 0 saturated heterocycles. The molecule has 9 nitrogen and oxygen atoms in total. The summed E-state index contributed by atoms with van der Waals surface area (Å²) in [5, 5.41) is 25.3. The molecule has 0 bridgehead atoms. The zero-order chi connectivity index (χ0) is 21.3. The highest BCUT2D eigenvalue weighted by Gasteiger charge is 2.25. The summed E-state index contributed by atoms with van der Waals surface area (Å²) in [4.78, 5) is 33.2. The first-order valence-electron chi connectivity index (χ1n) is 7.97. The lowest BCUT2D eigenvalue weighted by Crippen LogP contribution is -2.14. The topological polar surface area (TPSA) is 129 Å². The second-order valence-electron chi connectivity index (χ2n) is 5.90. The highest BCUT2D eigenvalue weighted by atomic mass is 35.5. The maximum absolute atomic E-state index is 12.6. The van der Waals surface area contributed by atoms with Crippen LogP contribution in [-0.4, -0.2) is 15.8 Å². The SMILES string of the molecule is Cc1c(C(=O)Nc2ccc(-c3ccc(Cl)c(Cl)c3)o2)cc([N+](=O)[O-])cc1[N+](=O)[O-]. The quantitative estimate of drug-likeness (QED) is 0.408. The molecule has 3 rings (SSSR count). The molecule has 1 heterocycles. The third kappa shape index (κ3) is 4.20. The van der Waals surface area contributed by atoms with E-state index in [2.05, 4.69) is 5.32 Å². The Kier molecular flexibility index (Phi) is 5.53. The predicted octanol–water partition coefficient (Wildman–Crippen LogP) is 5.63. The highest BCUT2D eigenvalue weighted by Crippen LogP contribution is 2.32. The molecule has 2 aromatic carbocycles. The van der Waals surface area contributed by atoms with E-state index in [4.69, 9.17) is 27.6 Å². The minimum Gasteiger partial charge on any atom is -0.440 e. The first kappa shape index (κ1) is 20.3. The van der Waals surface area contributed by atoms with E-state index in [-0.39, 0.29) is 17.0 Å². The summed E-state index contributed by atoms with van der Waals surface area (Å²) in [6, 6.07) is 9.68. The van der Waals surface area contributed by atoms with Crippen molar-refractivity contribution < 1.29 is 19.1 Å². The Bertz CT molecular complexity index is 1160. The number of hydrogen-bond acceptors (Lipinski definition) is 6. The molecule has 0 radical (unpaired) electrons. The van der Waals surface area contributed by atoms with Gasteiger partial charge in [0.05, 0.1) is 31.5 Å². The van der Waals surface area contributed by atoms with Gasteiger partial charge < -0.3 is 4.42 Å². The molecular formula is C18H11Cl2N3O6. The molecule has 0 aliphatic heterocycles. The Morgan fingerprint density at radius 3 is 2.34 bits per heavy atom. The lowest BCUT2D eigenvalue weighted by atomic mass is 10.0. The second kappa shape index (κ2) is 7.90. The zero-order valence-electron chi connectivity index (χ0n) is 14.6. The van der Waals surface area contributed by atoms with E-state index >= 15 is 0 Å². The number of nitro benzene ring substituents is 2. The molecule has 1 amide bonds. The van der Waals surface area contributed by atoms with E-state index in [0.29, 0.717) is 21.4 Å². The maximum atomic E-state index is 12.6. The molecule has 148 valence electrons. The van der Waals surface area contributed by atoms with Crippen molar-refractivity contribution in [3.8, 4) is 11.3 Å². The molecular weight excluding hydrogens is 425 g/mol. The van der Waals surface area contributed by atoms with Gasteiger partial charge in [0.2, 0.25) is 0 Å². The largest absolute Gasteiger partial charge is 0.440 e. The first-order valence-corrected chi connectivity index (χ1v) is 8.73. The van der Waals surface area contributed by atoms with Crippen LogP contribution in [-0.2, 0) is 0 Å². The summed E-state index contributed by atoms with van der Waals surface area (Å²) in [5.74, 6) is -0.352. The monoisotopic (exact) mass is 435 g/mol. The lowest BCUT2D eigenvalue weighted by Gasteiger charge is -2.07. The second-order valence-corrected chi connectivity index (χ2v) is 6.71. The van der Waals surface area contributed by atoms with Gasteiger partial charge in [0.1, 0.15) is 5.76 Å². The number of benzene rings is 2. The average molecular weight is 436 g/mol. The molecule has 0 unspecified atom stereocenters. The number of rotatable bonds is 5. The van der Waals surface area contributed by atoms with Gasteiger partial charge in [0.15, 0.2) is 5.88 Å². The molecule has 0 spiro atoms. The number of furan rings is 1. The van der Waals surface area contributed by atoms with Crippen molar-refractivity contribution >= 4 is 46.4 Å². The maximum Gasteiger partial charge on any atom is 0.279 e. The first-order chi connectivity index (χ1) is 13.7. The minimum absolute atomic E-state index is 0.00522. The average Bonchev–Trinajstić information content (AvgIpc) is 3.12. The molecule has 1 aromatic heterocycles. The van der Waals surface area contributed by atoms with Crippen LogP contribution >= 0.6 is 23.2 Å². The van der Waals surface area contributed by atoms with Crippen molar-refractivity contribution in [2.75, 3.05) is 5.32 Å². The fourth-order valence-corrected chi connectivity index (χ4v) is 2.90. The summed E-state index contributed by atoms with van der Waals surface area (Å²) < 4.78 is 5.55. The summed E-state index contributed by atoms with van der Waals surface area (Å²) in [6.07, 6.45) is 0. The van der Waals surface area contributed by atoms with Crippen LogP contribution in [0, 0.1) is 27.2 Å². The number of nitro groups is 2. The number of non-ortho nitro benzene ring substituents is 1. The van der Waals surface area contributed by atoms with Crippen LogP contribution in [0.1, 0.15) is 15.9 Å². The van der Waals surface area contributed by atoms with E-state index in [0.717, 1.165) is 12.1 Å². The van der Waals surface area contributed by atoms with E-state index < -0.39 is 27.1 Å². The number of amides is 1. The third-order valence-electron chi connectivity index (χ3n) is 4.06. The molecule has 11 heteroatoms. The molecule has 3 aromatic rings. The van der Waals surface area contributed by atoms with Gasteiger partial charge in [-0.1, -0.05) is 23.2 Å². The van der Waals surface area contributed by atoms with Crippen molar-refractivity contribution in [2.24, 2.45) is 0 Å². The van der Waals surface area contributed by atoms with Crippen LogP contribution in [0.4, 0.5) is 17.3 Å². The lowest BCUT2D eigenvalue weighted by molar-refractivity contribution is -0.394. The van der Waals surface area contributed by atoms with Gasteiger partial charge in [0.25, 0.3) is 17.3 Å². The Morgan fingerprint density at radius 1 is 1.00 bits per heavy atom. The standard InChI is InChI=1S/C18H11Cl2N3O6/c1-9-12(7-11(22(25)26)8-15(9)23(27)28)18(24)21-17-5-4-16(29-17)10-2-3-13(19)14(20)6-10/h2-8H,1H3,(H,21,24). The summed E-state index contributed by atoms with van der Waals surface area (Å²) >= 11 is 11.9. The predicted molar refractivity (Wildman–Crippen MR) is 107 cm³/mol. The molecule has 0 aliphatic carbocycles. The number of nitrogens with zero attached hydrogens (tertiary/aromatic N) is 2. The van der Waals surface area contributed by atoms with Crippen molar-refractivity contribution in [3.63, 3.8) is 0 Å². The molecule has 0 fully saturated rings. The fraction of sp³-hybridized carbons (Fsp3) is 0.0556. The Labute approximate surface area is 173 Å². The van der Waals surface area contributed by atoms with E-state index in [9.17, 15) is 25.0 Å². The number of anilines is 1. The van der Waals surface area contributed by atoms with Crippen LogP contribution in [0.15, 0.2) is 46.9 Å². The van der Waals surface area contributed by atoms with Crippen LogP contribution in [0.3, 0.4) is 0 Å². The van der Waals surface area contributed by atoms with Crippen LogP contribution in [0.2, 0.25) is 10.0 Å². The number of hydrogen-bond donors (Lipinski definition) is 1. The fourth-order valence-electron chi connectivity index (χ4n) is 2.60. The van der Waals surface area contributed by atoms with Gasteiger partial charge in [-0.25, -0.2) is 0 Å². The highest BCUT2D eigenvalue weighted by molar-refractivity contribution is 6.42. The van der Waals surface area contributed by atoms with E-state index in [1.54, 1.807) is 24.3 Å². The molecule has 1 N–H and O–H groups in total. The smallest absolute Gasteiger partial charge is 0.279 e. The number of carbonyl (C=O) groups excluding carboxylic acids is 1. The van der Waals surface area contributed by atoms with Crippen molar-refractivity contribution in [1.82, 2.24) is 0 Å². The normalized spacial score (nSPS) is 10.6. The van der Waals surface area contributed by atoms with Gasteiger partial charge in [-0.05, 0) is 31.2 Å². The van der Waals surface area contributed by atoms with Gasteiger partial charge in [-0.3, -0.25) is 30.3 Å². The van der Waals surface area contributed by atoms with Crippen molar-refractivity contribution in [2.45, 2.75) is 6.92 Å². The molecule has 0 atom stereocenters. The van der Waals surface area contributed by atoms with Gasteiger partial charge in [-0.2, -0.15) is 0 Å². The van der Waals surface area contributed by atoms with Crippen LogP contribution < -0.4 is 5.32 Å². The van der Waals surface area contributed by atoms with Crippen LogP contribution in [0.5, 0.6) is 0 Å². The van der Waals surface area contributed by atoms with Crippen molar-refractivity contribution in [3.05, 3.63) is 83.9 Å².